The first-order valence-electron chi connectivity index (χ1n) is 8.58. The Morgan fingerprint density at radius 2 is 1.56 bits per heavy atom. The lowest BCUT2D eigenvalue weighted by atomic mass is 9.97. The predicted octanol–water partition coefficient (Wildman–Crippen LogP) is 2.53. The Balaban J connectivity index is 1.74. The van der Waals surface area contributed by atoms with Crippen molar-refractivity contribution >= 4 is 17.7 Å². The van der Waals surface area contributed by atoms with E-state index in [1.54, 1.807) is 24.3 Å². The highest BCUT2D eigenvalue weighted by Gasteiger charge is 2.15. The summed E-state index contributed by atoms with van der Waals surface area (Å²) in [5, 5.41) is 2.40. The molecule has 0 aliphatic rings. The second-order valence-electron chi connectivity index (χ2n) is 6.24. The molecular formula is C21H23NO5. The summed E-state index contributed by atoms with van der Waals surface area (Å²) in [4.78, 5) is 35.8. The summed E-state index contributed by atoms with van der Waals surface area (Å²) in [6, 6.07) is 12.7. The van der Waals surface area contributed by atoms with E-state index in [2.05, 4.69) is 5.32 Å². The highest BCUT2D eigenvalue weighted by atomic mass is 16.5. The van der Waals surface area contributed by atoms with E-state index >= 15 is 0 Å². The van der Waals surface area contributed by atoms with Gasteiger partial charge >= 0.3 is 5.97 Å². The Labute approximate surface area is 158 Å². The number of amides is 1. The molecule has 0 atom stereocenters. The predicted molar refractivity (Wildman–Crippen MR) is 101 cm³/mol. The molecule has 27 heavy (non-hydrogen) atoms. The molecule has 6 heteroatoms. The van der Waals surface area contributed by atoms with Crippen molar-refractivity contribution in [3.8, 4) is 5.75 Å². The van der Waals surface area contributed by atoms with Crippen molar-refractivity contribution in [2.24, 2.45) is 0 Å². The molecule has 2 rings (SSSR count). The first-order chi connectivity index (χ1) is 12.9. The summed E-state index contributed by atoms with van der Waals surface area (Å²) in [6.07, 6.45) is 0. The number of hydrogen-bond acceptors (Lipinski definition) is 5. The van der Waals surface area contributed by atoms with Crippen molar-refractivity contribution in [3.63, 3.8) is 0 Å². The molecule has 142 valence electrons. The van der Waals surface area contributed by atoms with Gasteiger partial charge in [-0.05, 0) is 44.0 Å². The van der Waals surface area contributed by atoms with Crippen LogP contribution in [0.2, 0.25) is 0 Å². The van der Waals surface area contributed by atoms with Gasteiger partial charge in [-0.2, -0.15) is 0 Å². The summed E-state index contributed by atoms with van der Waals surface area (Å²) in [7, 11) is 0. The van der Waals surface area contributed by atoms with E-state index in [4.69, 9.17) is 9.47 Å². The van der Waals surface area contributed by atoms with Gasteiger partial charge in [-0.1, -0.05) is 35.9 Å². The minimum absolute atomic E-state index is 0.210. The second kappa shape index (κ2) is 9.52. The molecule has 0 heterocycles. The first kappa shape index (κ1) is 20.2. The van der Waals surface area contributed by atoms with Crippen LogP contribution in [-0.2, 0) is 14.3 Å². The number of benzene rings is 2. The topological polar surface area (TPSA) is 81.7 Å². The smallest absolute Gasteiger partial charge is 0.325 e. The van der Waals surface area contributed by atoms with E-state index in [1.807, 2.05) is 39.0 Å². The number of rotatable bonds is 8. The number of aryl methyl sites for hydroxylation is 3. The van der Waals surface area contributed by atoms with Crippen LogP contribution in [0.3, 0.4) is 0 Å². The molecule has 0 saturated carbocycles. The fourth-order valence-corrected chi connectivity index (χ4v) is 2.78. The number of carbonyl (C=O) groups excluding carboxylic acids is 3. The normalized spacial score (nSPS) is 10.2. The molecule has 0 aliphatic heterocycles. The number of ketones is 1. The van der Waals surface area contributed by atoms with Crippen molar-refractivity contribution in [1.82, 2.24) is 5.32 Å². The summed E-state index contributed by atoms with van der Waals surface area (Å²) >= 11 is 0. The van der Waals surface area contributed by atoms with Crippen LogP contribution in [0, 0.1) is 20.8 Å². The van der Waals surface area contributed by atoms with Gasteiger partial charge in [0.15, 0.2) is 13.2 Å². The Kier molecular flexibility index (Phi) is 7.11. The van der Waals surface area contributed by atoms with Crippen LogP contribution >= 0.6 is 0 Å². The number of para-hydroxylation sites is 1. The van der Waals surface area contributed by atoms with Gasteiger partial charge in [0, 0.05) is 5.56 Å². The molecule has 0 spiro atoms. The molecule has 0 saturated heterocycles. The van der Waals surface area contributed by atoms with Crippen molar-refractivity contribution in [2.75, 3.05) is 19.8 Å². The number of nitrogens with one attached hydrogen (secondary N) is 1. The van der Waals surface area contributed by atoms with Gasteiger partial charge in [0.2, 0.25) is 5.78 Å². The molecule has 0 aromatic heterocycles. The van der Waals surface area contributed by atoms with Crippen LogP contribution in [0.1, 0.15) is 27.0 Å². The Morgan fingerprint density at radius 3 is 2.19 bits per heavy atom. The molecule has 2 aromatic rings. The number of Topliss-reactive ketones (excluding diaryl/α,β-unsaturated/α-hetero) is 1. The fraction of sp³-hybridized carbons (Fsp3) is 0.286. The van der Waals surface area contributed by atoms with Gasteiger partial charge < -0.3 is 14.8 Å². The van der Waals surface area contributed by atoms with Crippen LogP contribution in [-0.4, -0.2) is 37.4 Å². The molecule has 6 nitrogen and oxygen atoms in total. The van der Waals surface area contributed by atoms with Crippen LogP contribution in [0.5, 0.6) is 5.75 Å². The molecule has 1 amide bonds. The lowest BCUT2D eigenvalue weighted by molar-refractivity contribution is -0.143. The molecular weight excluding hydrogens is 346 g/mol. The molecule has 2 aromatic carbocycles. The van der Waals surface area contributed by atoms with E-state index in [0.717, 1.165) is 16.7 Å². The van der Waals surface area contributed by atoms with E-state index < -0.39 is 11.9 Å². The zero-order valence-corrected chi connectivity index (χ0v) is 15.7. The van der Waals surface area contributed by atoms with Gasteiger partial charge in [-0.3, -0.25) is 14.4 Å². The number of carbonyl (C=O) groups is 3. The van der Waals surface area contributed by atoms with Gasteiger partial charge in [0.1, 0.15) is 12.3 Å². The third-order valence-corrected chi connectivity index (χ3v) is 3.86. The average molecular weight is 369 g/mol. The Morgan fingerprint density at radius 1 is 0.926 bits per heavy atom. The number of hydrogen-bond donors (Lipinski definition) is 1. The summed E-state index contributed by atoms with van der Waals surface area (Å²) < 4.78 is 10.2. The van der Waals surface area contributed by atoms with Crippen LogP contribution in [0.25, 0.3) is 0 Å². The highest BCUT2D eigenvalue weighted by Crippen LogP contribution is 2.17. The van der Waals surface area contributed by atoms with Gasteiger partial charge in [0.05, 0.1) is 0 Å². The minimum Gasteiger partial charge on any atom is -0.484 e. The SMILES string of the molecule is Cc1cc(C)c(C(=O)COC(=O)CNC(=O)COc2ccccc2)c(C)c1. The number of esters is 1. The molecule has 1 N–H and O–H groups in total. The summed E-state index contributed by atoms with van der Waals surface area (Å²) in [6.45, 7) is 4.76. The molecule has 0 unspecified atom stereocenters. The monoisotopic (exact) mass is 369 g/mol. The van der Waals surface area contributed by atoms with Gasteiger partial charge in [0.25, 0.3) is 5.91 Å². The highest BCUT2D eigenvalue weighted by molar-refractivity contribution is 6.00. The summed E-state index contributed by atoms with van der Waals surface area (Å²) in [5.74, 6) is -0.840. The minimum atomic E-state index is -0.682. The lowest BCUT2D eigenvalue weighted by Gasteiger charge is -2.11. The largest absolute Gasteiger partial charge is 0.484 e. The Hall–Kier alpha value is -3.15. The third-order valence-electron chi connectivity index (χ3n) is 3.86. The lowest BCUT2D eigenvalue weighted by Crippen LogP contribution is -2.34. The molecule has 0 aliphatic carbocycles. The van der Waals surface area contributed by atoms with E-state index in [9.17, 15) is 14.4 Å². The van der Waals surface area contributed by atoms with Crippen LogP contribution in [0.4, 0.5) is 0 Å². The van der Waals surface area contributed by atoms with Crippen molar-refractivity contribution in [2.45, 2.75) is 20.8 Å². The van der Waals surface area contributed by atoms with Crippen LogP contribution < -0.4 is 10.1 Å². The summed E-state index contributed by atoms with van der Waals surface area (Å²) in [5.41, 5.74) is 3.33. The average Bonchev–Trinajstić information content (AvgIpc) is 2.63. The fourth-order valence-electron chi connectivity index (χ4n) is 2.78. The van der Waals surface area contributed by atoms with Crippen LogP contribution in [0.15, 0.2) is 42.5 Å². The third kappa shape index (κ3) is 6.26. The van der Waals surface area contributed by atoms with E-state index in [1.165, 1.54) is 0 Å². The quantitative estimate of drug-likeness (QED) is 0.571. The van der Waals surface area contributed by atoms with E-state index in [-0.39, 0.29) is 25.5 Å². The zero-order valence-electron chi connectivity index (χ0n) is 15.7. The molecule has 0 fully saturated rings. The van der Waals surface area contributed by atoms with Crippen molar-refractivity contribution in [1.29, 1.82) is 0 Å². The van der Waals surface area contributed by atoms with E-state index in [0.29, 0.717) is 11.3 Å². The van der Waals surface area contributed by atoms with Crippen molar-refractivity contribution in [3.05, 3.63) is 64.7 Å². The first-order valence-corrected chi connectivity index (χ1v) is 8.58. The number of ether oxygens (including phenoxy) is 2. The second-order valence-corrected chi connectivity index (χ2v) is 6.24. The molecule has 0 bridgehead atoms. The maximum absolute atomic E-state index is 12.3. The van der Waals surface area contributed by atoms with Crippen molar-refractivity contribution < 1.29 is 23.9 Å². The molecule has 0 radical (unpaired) electrons. The maximum atomic E-state index is 12.3. The zero-order chi connectivity index (χ0) is 19.8. The van der Waals surface area contributed by atoms with Gasteiger partial charge in [-0.15, -0.1) is 0 Å². The maximum Gasteiger partial charge on any atom is 0.325 e. The Bertz CT molecular complexity index is 807. The van der Waals surface area contributed by atoms with Gasteiger partial charge in [-0.25, -0.2) is 0 Å². The standard InChI is InChI=1S/C21H23NO5/c1-14-9-15(2)21(16(3)10-14)18(23)12-27-20(25)11-22-19(24)13-26-17-7-5-4-6-8-17/h4-10H,11-13H2,1-3H3,(H,22,24).